The maximum Gasteiger partial charge on any atom is 0.266 e. The molecule has 1 aliphatic heterocycles. The van der Waals surface area contributed by atoms with Crippen molar-refractivity contribution in [1.29, 1.82) is 0 Å². The van der Waals surface area contributed by atoms with E-state index in [9.17, 15) is 9.59 Å². The zero-order chi connectivity index (χ0) is 19.9. The first-order valence-corrected chi connectivity index (χ1v) is 10.1. The normalized spacial score (nSPS) is 15.2. The second kappa shape index (κ2) is 9.52. The van der Waals surface area contributed by atoms with E-state index in [0.29, 0.717) is 21.5 Å². The van der Waals surface area contributed by atoms with Crippen LogP contribution < -0.4 is 10.1 Å². The second-order valence-corrected chi connectivity index (χ2v) is 7.68. The van der Waals surface area contributed by atoms with E-state index in [4.69, 9.17) is 17.0 Å². The summed E-state index contributed by atoms with van der Waals surface area (Å²) < 4.78 is 5.85. The van der Waals surface area contributed by atoms with E-state index in [1.165, 1.54) is 16.7 Å². The number of hydrogen-bond acceptors (Lipinski definition) is 5. The molecule has 144 valence electrons. The van der Waals surface area contributed by atoms with Crippen LogP contribution in [0.1, 0.15) is 18.9 Å². The topological polar surface area (TPSA) is 58.6 Å². The van der Waals surface area contributed by atoms with E-state index in [2.05, 4.69) is 5.32 Å². The van der Waals surface area contributed by atoms with Crippen LogP contribution in [-0.2, 0) is 9.59 Å². The molecule has 0 aromatic heterocycles. The quantitative estimate of drug-likeness (QED) is 0.542. The lowest BCUT2D eigenvalue weighted by Gasteiger charge is -2.14. The molecule has 5 nitrogen and oxygen atoms in total. The molecule has 0 unspecified atom stereocenters. The second-order valence-electron chi connectivity index (χ2n) is 6.00. The first kappa shape index (κ1) is 20.1. The molecule has 0 aliphatic carbocycles. The van der Waals surface area contributed by atoms with Crippen LogP contribution in [0.5, 0.6) is 5.75 Å². The van der Waals surface area contributed by atoms with Gasteiger partial charge >= 0.3 is 0 Å². The molecule has 2 amide bonds. The van der Waals surface area contributed by atoms with Crippen LogP contribution in [0.15, 0.2) is 59.5 Å². The molecule has 0 atom stereocenters. The van der Waals surface area contributed by atoms with Gasteiger partial charge in [0, 0.05) is 18.7 Å². The molecule has 1 aliphatic rings. The van der Waals surface area contributed by atoms with Gasteiger partial charge in [0.15, 0.2) is 0 Å². The largest absolute Gasteiger partial charge is 0.494 e. The minimum atomic E-state index is -0.176. The van der Waals surface area contributed by atoms with Crippen LogP contribution in [0, 0.1) is 0 Å². The molecule has 2 aromatic rings. The summed E-state index contributed by atoms with van der Waals surface area (Å²) in [6.07, 6.45) is 1.98. The summed E-state index contributed by atoms with van der Waals surface area (Å²) >= 11 is 6.58. The van der Waals surface area contributed by atoms with Crippen molar-refractivity contribution < 1.29 is 14.3 Å². The van der Waals surface area contributed by atoms with Crippen molar-refractivity contribution in [2.24, 2.45) is 0 Å². The maximum atomic E-state index is 12.6. The van der Waals surface area contributed by atoms with Crippen LogP contribution in [0.2, 0.25) is 0 Å². The Morgan fingerprint density at radius 2 is 1.89 bits per heavy atom. The average molecular weight is 413 g/mol. The summed E-state index contributed by atoms with van der Waals surface area (Å²) in [5.74, 6) is 0.418. The Kier molecular flexibility index (Phi) is 6.84. The molecule has 1 saturated heterocycles. The predicted molar refractivity (Wildman–Crippen MR) is 117 cm³/mol. The van der Waals surface area contributed by atoms with Gasteiger partial charge in [0.25, 0.3) is 5.91 Å². The van der Waals surface area contributed by atoms with Crippen molar-refractivity contribution in [3.8, 4) is 5.75 Å². The molecular formula is C21H20N2O3S2. The smallest absolute Gasteiger partial charge is 0.266 e. The fourth-order valence-electron chi connectivity index (χ4n) is 2.63. The molecule has 7 heteroatoms. The molecule has 0 spiro atoms. The van der Waals surface area contributed by atoms with Crippen molar-refractivity contribution >= 4 is 51.9 Å². The molecule has 0 saturated carbocycles. The lowest BCUT2D eigenvalue weighted by Crippen LogP contribution is -2.31. The van der Waals surface area contributed by atoms with Gasteiger partial charge in [-0.3, -0.25) is 14.5 Å². The molecule has 3 rings (SSSR count). The van der Waals surface area contributed by atoms with Crippen LogP contribution in [0.3, 0.4) is 0 Å². The maximum absolute atomic E-state index is 12.6. The minimum absolute atomic E-state index is 0.160. The monoisotopic (exact) mass is 412 g/mol. The summed E-state index contributed by atoms with van der Waals surface area (Å²) in [5.41, 5.74) is 1.62. The third-order valence-corrected chi connectivity index (χ3v) is 5.36. The number of ether oxygens (including phenoxy) is 1. The number of thiocarbonyl (C=S) groups is 1. The van der Waals surface area contributed by atoms with Gasteiger partial charge in [0.2, 0.25) is 5.91 Å². The number of nitrogens with zero attached hydrogens (tertiary/aromatic N) is 1. The summed E-state index contributed by atoms with van der Waals surface area (Å²) in [4.78, 5) is 26.9. The fraction of sp³-hybridized carbons (Fsp3) is 0.190. The van der Waals surface area contributed by atoms with E-state index in [1.807, 2.05) is 43.3 Å². The zero-order valence-electron chi connectivity index (χ0n) is 15.4. The van der Waals surface area contributed by atoms with E-state index < -0.39 is 0 Å². The van der Waals surface area contributed by atoms with Crippen molar-refractivity contribution in [3.63, 3.8) is 0 Å². The molecule has 2 aromatic carbocycles. The Balaban J connectivity index is 1.55. The summed E-state index contributed by atoms with van der Waals surface area (Å²) in [7, 11) is 0. The molecule has 1 fully saturated rings. The third-order valence-electron chi connectivity index (χ3n) is 3.98. The number of benzene rings is 2. The highest BCUT2D eigenvalue weighted by molar-refractivity contribution is 8.26. The van der Waals surface area contributed by atoms with Crippen molar-refractivity contribution in [1.82, 2.24) is 4.90 Å². The molecule has 28 heavy (non-hydrogen) atoms. The van der Waals surface area contributed by atoms with Crippen LogP contribution >= 0.6 is 24.0 Å². The van der Waals surface area contributed by atoms with Crippen molar-refractivity contribution in [2.45, 2.75) is 13.3 Å². The third kappa shape index (κ3) is 5.21. The Labute approximate surface area is 173 Å². The van der Waals surface area contributed by atoms with E-state index in [1.54, 1.807) is 24.3 Å². The summed E-state index contributed by atoms with van der Waals surface area (Å²) in [5, 5.41) is 2.82. The van der Waals surface area contributed by atoms with Crippen LogP contribution in [-0.4, -0.2) is 34.2 Å². The van der Waals surface area contributed by atoms with Gasteiger partial charge in [-0.15, -0.1) is 0 Å². The Bertz CT molecular complexity index is 896. The van der Waals surface area contributed by atoms with Gasteiger partial charge in [-0.25, -0.2) is 0 Å². The standard InChI is InChI=1S/C21H20N2O3S2/c1-2-26-17-10-8-16(9-11-17)22-19(24)12-13-23-20(25)18(28-21(23)27)14-15-6-4-3-5-7-15/h3-11,14H,2,12-13H2,1H3,(H,22,24)/b18-14-. The zero-order valence-corrected chi connectivity index (χ0v) is 17.0. The highest BCUT2D eigenvalue weighted by Gasteiger charge is 2.32. The van der Waals surface area contributed by atoms with Crippen LogP contribution in [0.25, 0.3) is 6.08 Å². The number of amides is 2. The number of carbonyl (C=O) groups is 2. The number of nitrogens with one attached hydrogen (secondary N) is 1. The van der Waals surface area contributed by atoms with Crippen LogP contribution in [0.4, 0.5) is 5.69 Å². The first-order valence-electron chi connectivity index (χ1n) is 8.90. The minimum Gasteiger partial charge on any atom is -0.494 e. The highest BCUT2D eigenvalue weighted by atomic mass is 32.2. The lowest BCUT2D eigenvalue weighted by molar-refractivity contribution is -0.122. The van der Waals surface area contributed by atoms with Gasteiger partial charge in [0.1, 0.15) is 10.1 Å². The summed E-state index contributed by atoms with van der Waals surface area (Å²) in [6.45, 7) is 2.76. The van der Waals surface area contributed by atoms with E-state index in [0.717, 1.165) is 11.3 Å². The number of carbonyl (C=O) groups excluding carboxylic acids is 2. The highest BCUT2D eigenvalue weighted by Crippen LogP contribution is 2.32. The SMILES string of the molecule is CCOc1ccc(NC(=O)CCN2C(=O)/C(=C/c3ccccc3)SC2=S)cc1. The van der Waals surface area contributed by atoms with Gasteiger partial charge in [0.05, 0.1) is 11.5 Å². The predicted octanol–water partition coefficient (Wildman–Crippen LogP) is 4.32. The van der Waals surface area contributed by atoms with Gasteiger partial charge < -0.3 is 10.1 Å². The first-order chi connectivity index (χ1) is 13.6. The molecule has 0 radical (unpaired) electrons. The Hall–Kier alpha value is -2.64. The molecule has 1 heterocycles. The van der Waals surface area contributed by atoms with E-state index >= 15 is 0 Å². The lowest BCUT2D eigenvalue weighted by atomic mass is 10.2. The molecular weight excluding hydrogens is 392 g/mol. The molecule has 0 bridgehead atoms. The van der Waals surface area contributed by atoms with Crippen molar-refractivity contribution in [2.75, 3.05) is 18.5 Å². The fourth-order valence-corrected chi connectivity index (χ4v) is 3.94. The van der Waals surface area contributed by atoms with Gasteiger partial charge in [-0.2, -0.15) is 0 Å². The average Bonchev–Trinajstić information content (AvgIpc) is 2.95. The van der Waals surface area contributed by atoms with E-state index in [-0.39, 0.29) is 24.8 Å². The molecule has 1 N–H and O–H groups in total. The Morgan fingerprint density at radius 3 is 2.57 bits per heavy atom. The number of hydrogen-bond donors (Lipinski definition) is 1. The van der Waals surface area contributed by atoms with Crippen molar-refractivity contribution in [3.05, 3.63) is 65.1 Å². The number of thioether (sulfide) groups is 1. The van der Waals surface area contributed by atoms with Gasteiger partial charge in [-0.05, 0) is 42.8 Å². The number of rotatable bonds is 7. The number of anilines is 1. The Morgan fingerprint density at radius 1 is 1.18 bits per heavy atom. The summed E-state index contributed by atoms with van der Waals surface area (Å²) in [6, 6.07) is 16.8. The van der Waals surface area contributed by atoms with Gasteiger partial charge in [-0.1, -0.05) is 54.3 Å².